The maximum Gasteiger partial charge on any atom is 0.241 e. The van der Waals surface area contributed by atoms with E-state index < -0.39 is 10.0 Å². The second kappa shape index (κ2) is 5.54. The summed E-state index contributed by atoms with van der Waals surface area (Å²) in [7, 11) is -3.61. The smallest absolute Gasteiger partial charge is 0.241 e. The Hall–Kier alpha value is -2.05. The first kappa shape index (κ1) is 14.5. The third-order valence-electron chi connectivity index (χ3n) is 4.25. The van der Waals surface area contributed by atoms with Crippen LogP contribution in [0, 0.1) is 0 Å². The van der Waals surface area contributed by atoms with E-state index in [0.29, 0.717) is 24.7 Å². The molecule has 1 aliphatic heterocycles. The fourth-order valence-corrected chi connectivity index (χ4v) is 4.39. The third-order valence-corrected chi connectivity index (χ3v) is 5.72. The van der Waals surface area contributed by atoms with Crippen LogP contribution in [0.1, 0.15) is 23.6 Å². The zero-order chi connectivity index (χ0) is 15.9. The van der Waals surface area contributed by atoms with Crippen molar-refractivity contribution >= 4 is 10.0 Å². The first-order chi connectivity index (χ1) is 11.1. The van der Waals surface area contributed by atoms with Crippen LogP contribution in [0.2, 0.25) is 0 Å². The Bertz CT molecular complexity index is 847. The molecule has 2 aromatic carbocycles. The Kier molecular flexibility index (Phi) is 3.50. The van der Waals surface area contributed by atoms with Gasteiger partial charge < -0.3 is 9.47 Å². The van der Waals surface area contributed by atoms with Crippen LogP contribution >= 0.6 is 0 Å². The molecule has 0 amide bonds. The van der Waals surface area contributed by atoms with Crippen molar-refractivity contribution in [1.29, 1.82) is 0 Å². The second-order valence-electron chi connectivity index (χ2n) is 5.72. The molecule has 120 valence electrons. The van der Waals surface area contributed by atoms with Gasteiger partial charge in [-0.2, -0.15) is 0 Å². The van der Waals surface area contributed by atoms with Crippen LogP contribution in [0.5, 0.6) is 11.5 Å². The summed E-state index contributed by atoms with van der Waals surface area (Å²) >= 11 is 0. The van der Waals surface area contributed by atoms with Crippen LogP contribution < -0.4 is 14.2 Å². The number of ether oxygens (including phenoxy) is 2. The van der Waals surface area contributed by atoms with Gasteiger partial charge in [0.05, 0.1) is 4.90 Å². The molecule has 23 heavy (non-hydrogen) atoms. The molecule has 0 unspecified atom stereocenters. The number of sulfonamides is 1. The number of nitrogens with one attached hydrogen (secondary N) is 1. The van der Waals surface area contributed by atoms with E-state index >= 15 is 0 Å². The lowest BCUT2D eigenvalue weighted by atomic mass is 10.1. The van der Waals surface area contributed by atoms with Gasteiger partial charge in [0, 0.05) is 12.1 Å². The predicted octanol–water partition coefficient (Wildman–Crippen LogP) is 2.42. The van der Waals surface area contributed by atoms with Crippen molar-refractivity contribution in [2.75, 3.05) is 13.2 Å². The molecule has 1 aliphatic carbocycles. The summed E-state index contributed by atoms with van der Waals surface area (Å²) in [6.45, 7) is 0.913. The molecule has 4 rings (SSSR count). The van der Waals surface area contributed by atoms with Gasteiger partial charge in [0.2, 0.25) is 10.0 Å². The number of hydrogen-bond donors (Lipinski definition) is 1. The summed E-state index contributed by atoms with van der Waals surface area (Å²) < 4.78 is 39.1. The number of rotatable bonds is 3. The highest BCUT2D eigenvalue weighted by Gasteiger charge is 2.28. The lowest BCUT2D eigenvalue weighted by Crippen LogP contribution is -2.27. The molecule has 0 saturated heterocycles. The first-order valence-corrected chi connectivity index (χ1v) is 9.11. The van der Waals surface area contributed by atoms with Gasteiger partial charge in [-0.05, 0) is 36.1 Å². The average molecular weight is 331 g/mol. The average Bonchev–Trinajstić information content (AvgIpc) is 2.97. The zero-order valence-electron chi connectivity index (χ0n) is 12.5. The SMILES string of the molecule is O=S(=O)(N[C@@H]1CCc2ccccc21)c1ccc2c(c1)OCCO2. The first-order valence-electron chi connectivity index (χ1n) is 7.63. The van der Waals surface area contributed by atoms with E-state index in [1.165, 1.54) is 11.6 Å². The zero-order valence-corrected chi connectivity index (χ0v) is 13.3. The molecule has 1 N–H and O–H groups in total. The maximum absolute atomic E-state index is 12.7. The summed E-state index contributed by atoms with van der Waals surface area (Å²) in [6.07, 6.45) is 1.67. The second-order valence-corrected chi connectivity index (χ2v) is 7.43. The van der Waals surface area contributed by atoms with Crippen LogP contribution in [0.15, 0.2) is 47.4 Å². The molecular formula is C17H17NO4S. The van der Waals surface area contributed by atoms with Gasteiger partial charge in [-0.3, -0.25) is 0 Å². The summed E-state index contributed by atoms with van der Waals surface area (Å²) in [5, 5.41) is 0. The number of aryl methyl sites for hydroxylation is 1. The van der Waals surface area contributed by atoms with E-state index in [0.717, 1.165) is 18.4 Å². The Morgan fingerprint density at radius 3 is 2.65 bits per heavy atom. The van der Waals surface area contributed by atoms with Crippen molar-refractivity contribution in [1.82, 2.24) is 4.72 Å². The molecule has 6 heteroatoms. The van der Waals surface area contributed by atoms with Crippen LogP contribution in [0.3, 0.4) is 0 Å². The van der Waals surface area contributed by atoms with Crippen molar-refractivity contribution in [3.8, 4) is 11.5 Å². The molecule has 0 bridgehead atoms. The maximum atomic E-state index is 12.7. The normalized spacial score (nSPS) is 19.4. The van der Waals surface area contributed by atoms with Crippen molar-refractivity contribution in [3.63, 3.8) is 0 Å². The van der Waals surface area contributed by atoms with Crippen LogP contribution in [-0.2, 0) is 16.4 Å². The molecule has 5 nitrogen and oxygen atoms in total. The molecule has 0 spiro atoms. The topological polar surface area (TPSA) is 64.6 Å². The summed E-state index contributed by atoms with van der Waals surface area (Å²) in [6, 6.07) is 12.5. The molecule has 0 aromatic heterocycles. The lowest BCUT2D eigenvalue weighted by Gasteiger charge is -2.20. The Labute approximate surface area is 135 Å². The van der Waals surface area contributed by atoms with Gasteiger partial charge in [-0.25, -0.2) is 13.1 Å². The van der Waals surface area contributed by atoms with Crippen molar-refractivity contribution < 1.29 is 17.9 Å². The highest BCUT2D eigenvalue weighted by atomic mass is 32.2. The molecule has 2 aliphatic rings. The monoisotopic (exact) mass is 331 g/mol. The number of fused-ring (bicyclic) bond motifs is 2. The van der Waals surface area contributed by atoms with E-state index in [1.807, 2.05) is 24.3 Å². The highest BCUT2D eigenvalue weighted by Crippen LogP contribution is 2.35. The fraction of sp³-hybridized carbons (Fsp3) is 0.294. The molecule has 0 radical (unpaired) electrons. The molecule has 1 heterocycles. The largest absolute Gasteiger partial charge is 0.486 e. The van der Waals surface area contributed by atoms with Gasteiger partial charge in [-0.15, -0.1) is 0 Å². The van der Waals surface area contributed by atoms with Gasteiger partial charge in [-0.1, -0.05) is 24.3 Å². The fourth-order valence-electron chi connectivity index (χ4n) is 3.13. The van der Waals surface area contributed by atoms with Gasteiger partial charge in [0.25, 0.3) is 0 Å². The predicted molar refractivity (Wildman–Crippen MR) is 85.3 cm³/mol. The highest BCUT2D eigenvalue weighted by molar-refractivity contribution is 7.89. The van der Waals surface area contributed by atoms with E-state index in [-0.39, 0.29) is 10.9 Å². The van der Waals surface area contributed by atoms with E-state index in [9.17, 15) is 8.42 Å². The summed E-state index contributed by atoms with van der Waals surface area (Å²) in [4.78, 5) is 0.200. The molecule has 0 fully saturated rings. The van der Waals surface area contributed by atoms with E-state index in [4.69, 9.17) is 9.47 Å². The minimum Gasteiger partial charge on any atom is -0.486 e. The standard InChI is InChI=1S/C17H17NO4S/c19-23(20,13-6-8-16-17(11-13)22-10-9-21-16)18-15-7-5-12-3-1-2-4-14(12)15/h1-4,6,8,11,15,18H,5,7,9-10H2/t15-/m1/s1. The summed E-state index contributed by atoms with van der Waals surface area (Å²) in [5.41, 5.74) is 2.27. The van der Waals surface area contributed by atoms with Crippen LogP contribution in [0.25, 0.3) is 0 Å². The molecule has 0 saturated carbocycles. The van der Waals surface area contributed by atoms with E-state index in [2.05, 4.69) is 4.72 Å². The number of hydrogen-bond acceptors (Lipinski definition) is 4. The van der Waals surface area contributed by atoms with E-state index in [1.54, 1.807) is 12.1 Å². The van der Waals surface area contributed by atoms with Gasteiger partial charge in [0.15, 0.2) is 11.5 Å². The van der Waals surface area contributed by atoms with Gasteiger partial charge in [0.1, 0.15) is 13.2 Å². The third kappa shape index (κ3) is 2.68. The van der Waals surface area contributed by atoms with Gasteiger partial charge >= 0.3 is 0 Å². The van der Waals surface area contributed by atoms with Crippen molar-refractivity contribution in [2.24, 2.45) is 0 Å². The van der Waals surface area contributed by atoms with Crippen LogP contribution in [0.4, 0.5) is 0 Å². The summed E-state index contributed by atoms with van der Waals surface area (Å²) in [5.74, 6) is 1.06. The van der Waals surface area contributed by atoms with Crippen molar-refractivity contribution in [2.45, 2.75) is 23.8 Å². The quantitative estimate of drug-likeness (QED) is 0.938. The lowest BCUT2D eigenvalue weighted by molar-refractivity contribution is 0.171. The Morgan fingerprint density at radius 2 is 1.78 bits per heavy atom. The molecular weight excluding hydrogens is 314 g/mol. The number of benzene rings is 2. The molecule has 1 atom stereocenters. The minimum absolute atomic E-state index is 0.176. The Balaban J connectivity index is 1.62. The molecule has 2 aromatic rings. The Morgan fingerprint density at radius 1 is 1.00 bits per heavy atom. The minimum atomic E-state index is -3.61. The van der Waals surface area contributed by atoms with Crippen molar-refractivity contribution in [3.05, 3.63) is 53.6 Å². The van der Waals surface area contributed by atoms with Crippen LogP contribution in [-0.4, -0.2) is 21.6 Å².